The smallest absolute Gasteiger partial charge is 0.149 e. The maximum atomic E-state index is 3.92. The standard InChI is InChI=1S/C8H17NSi/c1-5-10(4)7-8(2)6-9(10)3/h5,8H,1,6-7H2,2-4H3. The van der Waals surface area contributed by atoms with E-state index in [0.29, 0.717) is 0 Å². The molecule has 0 aromatic heterocycles. The first-order valence-electron chi connectivity index (χ1n) is 3.93. The number of hydrogen-bond acceptors (Lipinski definition) is 1. The van der Waals surface area contributed by atoms with Gasteiger partial charge in [-0.05, 0) is 25.6 Å². The van der Waals surface area contributed by atoms with Crippen molar-refractivity contribution in [2.75, 3.05) is 13.6 Å². The Bertz CT molecular complexity index is 146. The summed E-state index contributed by atoms with van der Waals surface area (Å²) in [5, 5.41) is 0. The molecule has 0 radical (unpaired) electrons. The van der Waals surface area contributed by atoms with Gasteiger partial charge >= 0.3 is 0 Å². The fourth-order valence-corrected chi connectivity index (χ4v) is 4.90. The van der Waals surface area contributed by atoms with Crippen LogP contribution in [0.4, 0.5) is 0 Å². The van der Waals surface area contributed by atoms with E-state index in [9.17, 15) is 0 Å². The van der Waals surface area contributed by atoms with E-state index < -0.39 is 8.24 Å². The van der Waals surface area contributed by atoms with Crippen LogP contribution >= 0.6 is 0 Å². The molecule has 0 spiro atoms. The molecule has 1 aliphatic rings. The van der Waals surface area contributed by atoms with Crippen LogP contribution in [0, 0.1) is 5.92 Å². The molecule has 1 saturated heterocycles. The van der Waals surface area contributed by atoms with Gasteiger partial charge in [0.1, 0.15) is 8.24 Å². The van der Waals surface area contributed by atoms with Gasteiger partial charge in [0.15, 0.2) is 0 Å². The fraction of sp³-hybridized carbons (Fsp3) is 0.750. The van der Waals surface area contributed by atoms with E-state index in [4.69, 9.17) is 0 Å². The van der Waals surface area contributed by atoms with E-state index in [2.05, 4.69) is 37.4 Å². The summed E-state index contributed by atoms with van der Waals surface area (Å²) in [4.78, 5) is 0. The highest BCUT2D eigenvalue weighted by atomic mass is 28.3. The molecule has 0 aromatic rings. The van der Waals surface area contributed by atoms with Crippen molar-refractivity contribution in [1.82, 2.24) is 4.57 Å². The quantitative estimate of drug-likeness (QED) is 0.523. The third-order valence-corrected chi connectivity index (χ3v) is 6.99. The van der Waals surface area contributed by atoms with E-state index in [-0.39, 0.29) is 0 Å². The van der Waals surface area contributed by atoms with Gasteiger partial charge in [0.25, 0.3) is 0 Å². The van der Waals surface area contributed by atoms with Gasteiger partial charge in [0, 0.05) is 0 Å². The summed E-state index contributed by atoms with van der Waals surface area (Å²) in [5.41, 5.74) is 2.20. The third kappa shape index (κ3) is 1.18. The molecule has 0 saturated carbocycles. The summed E-state index contributed by atoms with van der Waals surface area (Å²) in [6.45, 7) is 9.92. The Morgan fingerprint density at radius 3 is 2.50 bits per heavy atom. The number of hydrogen-bond donors (Lipinski definition) is 0. The van der Waals surface area contributed by atoms with Crippen molar-refractivity contribution in [3.8, 4) is 0 Å². The average Bonchev–Trinajstić information content (AvgIpc) is 2.09. The lowest BCUT2D eigenvalue weighted by molar-refractivity contribution is 0.491. The molecule has 58 valence electrons. The van der Waals surface area contributed by atoms with Crippen LogP contribution in [0.1, 0.15) is 6.92 Å². The zero-order valence-electron chi connectivity index (χ0n) is 7.22. The average molecular weight is 155 g/mol. The summed E-state index contributed by atoms with van der Waals surface area (Å²) in [6, 6.07) is 1.40. The maximum absolute atomic E-state index is 3.92. The third-order valence-electron chi connectivity index (χ3n) is 2.66. The van der Waals surface area contributed by atoms with Crippen molar-refractivity contribution < 1.29 is 0 Å². The van der Waals surface area contributed by atoms with Crippen molar-refractivity contribution in [2.45, 2.75) is 19.5 Å². The van der Waals surface area contributed by atoms with Crippen LogP contribution in [0.3, 0.4) is 0 Å². The van der Waals surface area contributed by atoms with E-state index in [0.717, 1.165) is 5.92 Å². The van der Waals surface area contributed by atoms with Crippen molar-refractivity contribution in [2.24, 2.45) is 5.92 Å². The second-order valence-corrected chi connectivity index (χ2v) is 8.05. The minimum Gasteiger partial charge on any atom is -0.323 e. The Kier molecular flexibility index (Phi) is 2.01. The predicted octanol–water partition coefficient (Wildman–Crippen LogP) is 1.87. The van der Waals surface area contributed by atoms with Gasteiger partial charge in [-0.3, -0.25) is 0 Å². The van der Waals surface area contributed by atoms with Crippen LogP contribution in [-0.2, 0) is 0 Å². The molecule has 0 bridgehead atoms. The van der Waals surface area contributed by atoms with Crippen LogP contribution in [0.25, 0.3) is 0 Å². The zero-order valence-corrected chi connectivity index (χ0v) is 8.22. The molecule has 2 unspecified atom stereocenters. The molecular formula is C8H17NSi. The van der Waals surface area contributed by atoms with Crippen LogP contribution in [-0.4, -0.2) is 26.4 Å². The monoisotopic (exact) mass is 155 g/mol. The second kappa shape index (κ2) is 2.51. The SMILES string of the molecule is C=C[Si]1(C)CC(C)CN1C. The Morgan fingerprint density at radius 2 is 2.30 bits per heavy atom. The summed E-state index contributed by atoms with van der Waals surface area (Å²) < 4.78 is 2.52. The Hall–Kier alpha value is -0.0831. The van der Waals surface area contributed by atoms with Crippen LogP contribution < -0.4 is 0 Å². The van der Waals surface area contributed by atoms with Crippen LogP contribution in [0.5, 0.6) is 0 Å². The predicted molar refractivity (Wildman–Crippen MR) is 48.4 cm³/mol. The van der Waals surface area contributed by atoms with Gasteiger partial charge in [-0.1, -0.05) is 19.2 Å². The Balaban J connectivity index is 2.70. The van der Waals surface area contributed by atoms with Crippen molar-refractivity contribution in [3.05, 3.63) is 12.3 Å². The normalized spacial score (nSPS) is 42.1. The Labute approximate surface area is 64.8 Å². The first kappa shape index (κ1) is 8.02. The molecule has 0 N–H and O–H groups in total. The molecular weight excluding hydrogens is 138 g/mol. The maximum Gasteiger partial charge on any atom is 0.149 e. The molecule has 1 heterocycles. The zero-order chi connectivity index (χ0) is 7.78. The number of nitrogens with zero attached hydrogens (tertiary/aromatic N) is 1. The topological polar surface area (TPSA) is 3.24 Å². The summed E-state index contributed by atoms with van der Waals surface area (Å²) in [5.74, 6) is 0.889. The van der Waals surface area contributed by atoms with Gasteiger partial charge in [-0.15, -0.1) is 6.58 Å². The molecule has 2 atom stereocenters. The van der Waals surface area contributed by atoms with Crippen molar-refractivity contribution in [1.29, 1.82) is 0 Å². The van der Waals surface area contributed by atoms with Crippen LogP contribution in [0.15, 0.2) is 12.3 Å². The molecule has 1 aliphatic heterocycles. The highest BCUT2D eigenvalue weighted by Crippen LogP contribution is 2.28. The minimum atomic E-state index is -1.13. The van der Waals surface area contributed by atoms with Crippen LogP contribution in [0.2, 0.25) is 12.6 Å². The van der Waals surface area contributed by atoms with Gasteiger partial charge in [0.2, 0.25) is 0 Å². The molecule has 0 aliphatic carbocycles. The van der Waals surface area contributed by atoms with E-state index in [1.54, 1.807) is 0 Å². The van der Waals surface area contributed by atoms with E-state index >= 15 is 0 Å². The molecule has 1 rings (SSSR count). The highest BCUT2D eigenvalue weighted by molar-refractivity contribution is 6.81. The number of rotatable bonds is 1. The summed E-state index contributed by atoms with van der Waals surface area (Å²) in [6.07, 6.45) is 0. The van der Waals surface area contributed by atoms with Gasteiger partial charge in [-0.25, -0.2) is 0 Å². The largest absolute Gasteiger partial charge is 0.323 e. The fourth-order valence-electron chi connectivity index (χ4n) is 1.84. The molecule has 10 heavy (non-hydrogen) atoms. The lowest BCUT2D eigenvalue weighted by atomic mass is 10.2. The van der Waals surface area contributed by atoms with Crippen molar-refractivity contribution >= 4 is 8.24 Å². The minimum absolute atomic E-state index is 0.889. The van der Waals surface area contributed by atoms with Crippen molar-refractivity contribution in [3.63, 3.8) is 0 Å². The molecule has 1 fully saturated rings. The molecule has 0 aromatic carbocycles. The highest BCUT2D eigenvalue weighted by Gasteiger charge is 2.37. The first-order valence-corrected chi connectivity index (χ1v) is 6.66. The second-order valence-electron chi connectivity index (χ2n) is 3.75. The lowest BCUT2D eigenvalue weighted by Gasteiger charge is -2.25. The molecule has 2 heteroatoms. The lowest BCUT2D eigenvalue weighted by Crippen LogP contribution is -2.41. The van der Waals surface area contributed by atoms with Gasteiger partial charge in [0.05, 0.1) is 0 Å². The summed E-state index contributed by atoms with van der Waals surface area (Å²) in [7, 11) is 1.10. The summed E-state index contributed by atoms with van der Waals surface area (Å²) >= 11 is 0. The van der Waals surface area contributed by atoms with E-state index in [1.165, 1.54) is 12.6 Å². The van der Waals surface area contributed by atoms with Gasteiger partial charge < -0.3 is 4.57 Å². The van der Waals surface area contributed by atoms with Gasteiger partial charge in [-0.2, -0.15) is 0 Å². The first-order chi connectivity index (χ1) is 4.58. The molecule has 0 amide bonds. The molecule has 1 nitrogen and oxygen atoms in total. The Morgan fingerprint density at radius 1 is 1.70 bits per heavy atom. The van der Waals surface area contributed by atoms with E-state index in [1.807, 2.05) is 0 Å².